The Morgan fingerprint density at radius 3 is 2.19 bits per heavy atom. The van der Waals surface area contributed by atoms with Gasteiger partial charge in [0, 0.05) is 41.4 Å². The number of nitrogens with zero attached hydrogens (tertiary/aromatic N) is 1. The van der Waals surface area contributed by atoms with Crippen molar-refractivity contribution in [3.63, 3.8) is 0 Å². The third-order valence-corrected chi connectivity index (χ3v) is 5.84. The average Bonchev–Trinajstić information content (AvgIpc) is 2.72. The van der Waals surface area contributed by atoms with Crippen LogP contribution in [-0.4, -0.2) is 34.3 Å². The number of ketones is 2. The summed E-state index contributed by atoms with van der Waals surface area (Å²) >= 11 is 0. The van der Waals surface area contributed by atoms with Gasteiger partial charge in [-0.15, -0.1) is 0 Å². The second-order valence-electron chi connectivity index (χ2n) is 8.25. The highest BCUT2D eigenvalue weighted by atomic mass is 16.6. The van der Waals surface area contributed by atoms with Gasteiger partial charge in [0.25, 0.3) is 5.69 Å². The largest absolute Gasteiger partial charge is 0.497 e. The van der Waals surface area contributed by atoms with Gasteiger partial charge < -0.3 is 15.2 Å². The highest BCUT2D eigenvalue weighted by Crippen LogP contribution is 2.48. The summed E-state index contributed by atoms with van der Waals surface area (Å²) in [6.45, 7) is 4.38. The minimum atomic E-state index is -1.44. The number of non-ortho nitro benzene ring substituents is 1. The van der Waals surface area contributed by atoms with Crippen LogP contribution in [0.4, 0.5) is 11.4 Å². The van der Waals surface area contributed by atoms with Crippen LogP contribution in [0.2, 0.25) is 0 Å². The quantitative estimate of drug-likeness (QED) is 0.495. The number of Topliss-reactive ketones (excluding diaryl/α,β-unsaturated/α-hetero) is 2. The monoisotopic (exact) mass is 438 g/mol. The van der Waals surface area contributed by atoms with E-state index in [-0.39, 0.29) is 23.7 Å². The fourth-order valence-corrected chi connectivity index (χ4v) is 4.50. The van der Waals surface area contributed by atoms with Crippen LogP contribution >= 0.6 is 0 Å². The molecule has 2 N–H and O–H groups in total. The van der Waals surface area contributed by atoms with E-state index in [1.165, 1.54) is 38.1 Å². The molecule has 0 amide bonds. The Morgan fingerprint density at radius 1 is 1.12 bits per heavy atom. The second-order valence-corrected chi connectivity index (χ2v) is 8.25. The van der Waals surface area contributed by atoms with Crippen LogP contribution in [0, 0.1) is 16.0 Å². The molecule has 3 atom stereocenters. The maximum absolute atomic E-state index is 12.8. The number of hydrogen-bond donors (Lipinski definition) is 2. The van der Waals surface area contributed by atoms with Crippen LogP contribution in [0.15, 0.2) is 59.8 Å². The molecule has 1 aliphatic rings. The van der Waals surface area contributed by atoms with Crippen molar-refractivity contribution in [3.05, 3.63) is 75.5 Å². The molecule has 0 saturated heterocycles. The summed E-state index contributed by atoms with van der Waals surface area (Å²) in [4.78, 5) is 36.0. The van der Waals surface area contributed by atoms with Crippen molar-refractivity contribution in [2.75, 3.05) is 12.4 Å². The molecule has 0 spiro atoms. The van der Waals surface area contributed by atoms with E-state index in [4.69, 9.17) is 4.74 Å². The number of anilines is 1. The van der Waals surface area contributed by atoms with Crippen molar-refractivity contribution < 1.29 is 24.4 Å². The topological polar surface area (TPSA) is 119 Å². The maximum Gasteiger partial charge on any atom is 0.269 e. The molecule has 0 unspecified atom stereocenters. The van der Waals surface area contributed by atoms with E-state index in [0.29, 0.717) is 28.3 Å². The minimum absolute atomic E-state index is 0.0711. The van der Waals surface area contributed by atoms with Crippen LogP contribution in [-0.2, 0) is 9.59 Å². The SMILES string of the molecule is COc1ccc(NC2=C(C(C)=O)[C@H](c3ccc([N+](=O)[O-])cc3)[C@H](C(C)=O)[C@@](C)(O)C2)cc1. The van der Waals surface area contributed by atoms with Crippen LogP contribution in [0.25, 0.3) is 0 Å². The lowest BCUT2D eigenvalue weighted by Gasteiger charge is -2.43. The molecule has 0 fully saturated rings. The average molecular weight is 438 g/mol. The number of allylic oxidation sites excluding steroid dienone is 1. The van der Waals surface area contributed by atoms with E-state index in [0.717, 1.165) is 0 Å². The molecule has 0 aliphatic heterocycles. The third-order valence-electron chi connectivity index (χ3n) is 5.84. The fourth-order valence-electron chi connectivity index (χ4n) is 4.50. The summed E-state index contributed by atoms with van der Waals surface area (Å²) in [7, 11) is 1.56. The first-order chi connectivity index (χ1) is 15.0. The standard InChI is InChI=1S/C24H26N2O6/c1-14(27)21-20(25-17-7-11-19(32-4)12-8-17)13-24(3,29)23(15(2)28)22(21)16-5-9-18(10-6-16)26(30)31/h5-12,22-23,25,29H,13H2,1-4H3/t22-,23-,24-/m0/s1. The predicted molar refractivity (Wildman–Crippen MR) is 120 cm³/mol. The van der Waals surface area contributed by atoms with Gasteiger partial charge in [0.1, 0.15) is 11.5 Å². The summed E-state index contributed by atoms with van der Waals surface area (Å²) < 4.78 is 5.17. The Kier molecular flexibility index (Phi) is 6.45. The number of rotatable bonds is 7. The molecule has 0 saturated carbocycles. The van der Waals surface area contributed by atoms with Crippen molar-refractivity contribution in [2.45, 2.75) is 38.7 Å². The molecule has 0 radical (unpaired) electrons. The van der Waals surface area contributed by atoms with E-state index in [1.807, 2.05) is 0 Å². The van der Waals surface area contributed by atoms with Gasteiger partial charge >= 0.3 is 0 Å². The fraction of sp³-hybridized carbons (Fsp3) is 0.333. The van der Waals surface area contributed by atoms with Gasteiger partial charge in [-0.25, -0.2) is 0 Å². The summed E-state index contributed by atoms with van der Waals surface area (Å²) in [5.41, 5.74) is 0.594. The number of ether oxygens (including phenoxy) is 1. The van der Waals surface area contributed by atoms with E-state index in [9.17, 15) is 24.8 Å². The molecule has 3 rings (SSSR count). The Labute approximate surface area is 186 Å². The van der Waals surface area contributed by atoms with Crippen LogP contribution in [0.5, 0.6) is 5.75 Å². The lowest BCUT2D eigenvalue weighted by Crippen LogP contribution is -2.48. The molecule has 168 valence electrons. The Bertz CT molecular complexity index is 1070. The van der Waals surface area contributed by atoms with Crippen molar-refractivity contribution in [1.82, 2.24) is 0 Å². The third kappa shape index (κ3) is 4.55. The van der Waals surface area contributed by atoms with E-state index in [2.05, 4.69) is 5.32 Å². The van der Waals surface area contributed by atoms with Gasteiger partial charge in [0.2, 0.25) is 0 Å². The minimum Gasteiger partial charge on any atom is -0.497 e. The first kappa shape index (κ1) is 23.1. The van der Waals surface area contributed by atoms with Gasteiger partial charge in [-0.05, 0) is 50.6 Å². The van der Waals surface area contributed by atoms with Crippen molar-refractivity contribution >= 4 is 22.9 Å². The van der Waals surface area contributed by atoms with Crippen molar-refractivity contribution in [2.24, 2.45) is 5.92 Å². The lowest BCUT2D eigenvalue weighted by atomic mass is 9.64. The van der Waals surface area contributed by atoms with Gasteiger partial charge in [0.15, 0.2) is 5.78 Å². The zero-order chi connectivity index (χ0) is 23.6. The summed E-state index contributed by atoms with van der Waals surface area (Å²) in [6.07, 6.45) is 0.0711. The lowest BCUT2D eigenvalue weighted by molar-refractivity contribution is -0.384. The Balaban J connectivity index is 2.16. The van der Waals surface area contributed by atoms with Gasteiger partial charge in [-0.2, -0.15) is 0 Å². The summed E-state index contributed by atoms with van der Waals surface area (Å²) in [6, 6.07) is 12.9. The maximum atomic E-state index is 12.8. The number of benzene rings is 2. The number of methoxy groups -OCH3 is 1. The van der Waals surface area contributed by atoms with E-state index >= 15 is 0 Å². The normalized spacial score (nSPS) is 22.9. The molecule has 0 aromatic heterocycles. The summed E-state index contributed by atoms with van der Waals surface area (Å²) in [5.74, 6) is -1.47. The smallest absolute Gasteiger partial charge is 0.269 e. The molecular weight excluding hydrogens is 412 g/mol. The molecule has 8 nitrogen and oxygen atoms in total. The summed E-state index contributed by atoms with van der Waals surface area (Å²) in [5, 5.41) is 25.6. The highest BCUT2D eigenvalue weighted by Gasteiger charge is 2.49. The van der Waals surface area contributed by atoms with E-state index < -0.39 is 22.4 Å². The number of nitro benzene ring substituents is 1. The molecule has 8 heteroatoms. The molecule has 32 heavy (non-hydrogen) atoms. The number of carbonyl (C=O) groups excluding carboxylic acids is 2. The first-order valence-corrected chi connectivity index (χ1v) is 10.2. The van der Waals surface area contributed by atoms with Gasteiger partial charge in [-0.3, -0.25) is 19.7 Å². The van der Waals surface area contributed by atoms with Gasteiger partial charge in [0.05, 0.1) is 23.6 Å². The van der Waals surface area contributed by atoms with Crippen LogP contribution in [0.1, 0.15) is 38.7 Å². The second kappa shape index (κ2) is 8.92. The predicted octanol–water partition coefficient (Wildman–Crippen LogP) is 4.00. The van der Waals surface area contributed by atoms with Crippen molar-refractivity contribution in [3.8, 4) is 5.75 Å². The Morgan fingerprint density at radius 2 is 1.72 bits per heavy atom. The first-order valence-electron chi connectivity index (χ1n) is 10.2. The van der Waals surface area contributed by atoms with Crippen LogP contribution in [0.3, 0.4) is 0 Å². The highest BCUT2D eigenvalue weighted by molar-refractivity contribution is 5.98. The number of hydrogen-bond acceptors (Lipinski definition) is 7. The molecule has 0 heterocycles. The van der Waals surface area contributed by atoms with Crippen LogP contribution < -0.4 is 10.1 Å². The Hall–Kier alpha value is -3.52. The van der Waals surface area contributed by atoms with E-state index in [1.54, 1.807) is 38.3 Å². The number of nitro groups is 1. The molecule has 1 aliphatic carbocycles. The zero-order valence-electron chi connectivity index (χ0n) is 18.4. The zero-order valence-corrected chi connectivity index (χ0v) is 18.4. The molecular formula is C24H26N2O6. The molecule has 0 bridgehead atoms. The number of aliphatic hydroxyl groups is 1. The number of nitrogens with one attached hydrogen (secondary N) is 1. The molecule has 2 aromatic rings. The van der Waals surface area contributed by atoms with Crippen molar-refractivity contribution in [1.29, 1.82) is 0 Å². The van der Waals surface area contributed by atoms with Gasteiger partial charge in [-0.1, -0.05) is 12.1 Å². The molecule has 2 aromatic carbocycles. The number of carbonyl (C=O) groups is 2.